The van der Waals surface area contributed by atoms with Crippen LogP contribution >= 0.6 is 0 Å². The molecule has 0 saturated carbocycles. The average Bonchev–Trinajstić information content (AvgIpc) is 3.02. The number of rotatable bonds is 6. The summed E-state index contributed by atoms with van der Waals surface area (Å²) in [5.74, 6) is -0.993. The summed E-state index contributed by atoms with van der Waals surface area (Å²) >= 11 is 0. The SMILES string of the molecule is COc1cc(NC(=O)COC[C@H]2CCCO2)c(F)cc1C#N. The van der Waals surface area contributed by atoms with Crippen LogP contribution in [0.25, 0.3) is 0 Å². The van der Waals surface area contributed by atoms with Crippen LogP contribution in [-0.2, 0) is 14.3 Å². The molecular formula is C15H17FN2O4. The molecule has 118 valence electrons. The smallest absolute Gasteiger partial charge is 0.250 e. The second kappa shape index (κ2) is 7.73. The van der Waals surface area contributed by atoms with Crippen molar-refractivity contribution in [3.8, 4) is 11.8 Å². The van der Waals surface area contributed by atoms with Gasteiger partial charge in [0.05, 0.1) is 31.1 Å². The lowest BCUT2D eigenvalue weighted by Crippen LogP contribution is -2.23. The van der Waals surface area contributed by atoms with Crippen LogP contribution in [0.5, 0.6) is 5.75 Å². The molecule has 1 saturated heterocycles. The average molecular weight is 308 g/mol. The predicted octanol–water partition coefficient (Wildman–Crippen LogP) is 1.84. The van der Waals surface area contributed by atoms with Gasteiger partial charge in [0.25, 0.3) is 0 Å². The van der Waals surface area contributed by atoms with Crippen LogP contribution in [-0.4, -0.2) is 38.9 Å². The molecular weight excluding hydrogens is 291 g/mol. The highest BCUT2D eigenvalue weighted by atomic mass is 19.1. The third-order valence-electron chi connectivity index (χ3n) is 3.24. The van der Waals surface area contributed by atoms with Crippen LogP contribution < -0.4 is 10.1 Å². The van der Waals surface area contributed by atoms with Crippen molar-refractivity contribution in [1.29, 1.82) is 5.26 Å². The first-order valence-corrected chi connectivity index (χ1v) is 6.91. The van der Waals surface area contributed by atoms with Gasteiger partial charge in [-0.25, -0.2) is 4.39 Å². The zero-order valence-corrected chi connectivity index (χ0v) is 12.2. The van der Waals surface area contributed by atoms with Crippen LogP contribution in [0.4, 0.5) is 10.1 Å². The molecule has 22 heavy (non-hydrogen) atoms. The number of hydrogen-bond acceptors (Lipinski definition) is 5. The number of amides is 1. The maximum Gasteiger partial charge on any atom is 0.250 e. The van der Waals surface area contributed by atoms with Crippen molar-refractivity contribution < 1.29 is 23.4 Å². The summed E-state index contributed by atoms with van der Waals surface area (Å²) in [6.45, 7) is 0.866. The summed E-state index contributed by atoms with van der Waals surface area (Å²) < 4.78 is 29.4. The molecule has 1 aliphatic rings. The van der Waals surface area contributed by atoms with Gasteiger partial charge < -0.3 is 19.5 Å². The molecule has 0 spiro atoms. The van der Waals surface area contributed by atoms with Gasteiger partial charge in [0.1, 0.15) is 24.2 Å². The molecule has 1 fully saturated rings. The Labute approximate surface area is 127 Å². The lowest BCUT2D eigenvalue weighted by Gasteiger charge is -2.11. The molecule has 1 amide bonds. The van der Waals surface area contributed by atoms with Crippen LogP contribution in [0.2, 0.25) is 0 Å². The minimum Gasteiger partial charge on any atom is -0.495 e. The molecule has 7 heteroatoms. The molecule has 1 aromatic carbocycles. The van der Waals surface area contributed by atoms with Gasteiger partial charge in [0.2, 0.25) is 5.91 Å². The van der Waals surface area contributed by atoms with Gasteiger partial charge in [-0.05, 0) is 18.9 Å². The van der Waals surface area contributed by atoms with E-state index in [0.29, 0.717) is 6.61 Å². The van der Waals surface area contributed by atoms with Crippen molar-refractivity contribution >= 4 is 11.6 Å². The molecule has 1 heterocycles. The predicted molar refractivity (Wildman–Crippen MR) is 76.1 cm³/mol. The minimum absolute atomic E-state index is 0.0274. The topological polar surface area (TPSA) is 80.6 Å². The van der Waals surface area contributed by atoms with Gasteiger partial charge in [-0.2, -0.15) is 5.26 Å². The van der Waals surface area contributed by atoms with E-state index in [0.717, 1.165) is 25.5 Å². The first kappa shape index (κ1) is 16.2. The maximum absolute atomic E-state index is 13.8. The number of nitriles is 1. The standard InChI is InChI=1S/C15H17FN2O4/c1-20-14-6-13(12(16)5-10(14)7-17)18-15(19)9-21-8-11-3-2-4-22-11/h5-6,11H,2-4,8-9H2,1H3,(H,18,19)/t11-/m1/s1. The van der Waals surface area contributed by atoms with Gasteiger partial charge in [0, 0.05) is 12.7 Å². The monoisotopic (exact) mass is 308 g/mol. The lowest BCUT2D eigenvalue weighted by atomic mass is 10.2. The van der Waals surface area contributed by atoms with E-state index in [1.54, 1.807) is 0 Å². The maximum atomic E-state index is 13.8. The number of carbonyl (C=O) groups is 1. The Hall–Kier alpha value is -2.17. The molecule has 1 N–H and O–H groups in total. The highest BCUT2D eigenvalue weighted by Crippen LogP contribution is 2.25. The first-order valence-electron chi connectivity index (χ1n) is 6.91. The van der Waals surface area contributed by atoms with Crippen molar-refractivity contribution in [2.24, 2.45) is 0 Å². The van der Waals surface area contributed by atoms with E-state index in [1.807, 2.05) is 6.07 Å². The Morgan fingerprint density at radius 3 is 3.05 bits per heavy atom. The van der Waals surface area contributed by atoms with E-state index in [4.69, 9.17) is 19.5 Å². The van der Waals surface area contributed by atoms with Gasteiger partial charge in [-0.1, -0.05) is 0 Å². The Kier molecular flexibility index (Phi) is 5.69. The van der Waals surface area contributed by atoms with Crippen molar-refractivity contribution in [2.45, 2.75) is 18.9 Å². The fourth-order valence-corrected chi connectivity index (χ4v) is 2.15. The number of nitrogens with zero attached hydrogens (tertiary/aromatic N) is 1. The molecule has 1 aliphatic heterocycles. The number of carbonyl (C=O) groups excluding carboxylic acids is 1. The lowest BCUT2D eigenvalue weighted by molar-refractivity contribution is -0.121. The van der Waals surface area contributed by atoms with Gasteiger partial charge in [-0.15, -0.1) is 0 Å². The highest BCUT2D eigenvalue weighted by Gasteiger charge is 2.17. The summed E-state index contributed by atoms with van der Waals surface area (Å²) in [4.78, 5) is 11.7. The van der Waals surface area contributed by atoms with Crippen molar-refractivity contribution in [1.82, 2.24) is 0 Å². The summed E-state index contributed by atoms with van der Waals surface area (Å²) in [6, 6.07) is 4.10. The minimum atomic E-state index is -0.704. The molecule has 1 atom stereocenters. The summed E-state index contributed by atoms with van der Waals surface area (Å²) in [5.41, 5.74) is 0.00852. The molecule has 0 aliphatic carbocycles. The summed E-state index contributed by atoms with van der Waals surface area (Å²) in [6.07, 6.45) is 1.94. The van der Waals surface area contributed by atoms with Gasteiger partial charge >= 0.3 is 0 Å². The molecule has 1 aromatic rings. The van der Waals surface area contributed by atoms with E-state index in [9.17, 15) is 9.18 Å². The summed E-state index contributed by atoms with van der Waals surface area (Å²) in [7, 11) is 1.37. The van der Waals surface area contributed by atoms with Crippen molar-refractivity contribution in [3.05, 3.63) is 23.5 Å². The molecule has 0 unspecified atom stereocenters. The molecule has 6 nitrogen and oxygen atoms in total. The van der Waals surface area contributed by atoms with Gasteiger partial charge in [0.15, 0.2) is 0 Å². The highest BCUT2D eigenvalue weighted by molar-refractivity contribution is 5.92. The van der Waals surface area contributed by atoms with E-state index < -0.39 is 11.7 Å². The number of anilines is 1. The van der Waals surface area contributed by atoms with Crippen molar-refractivity contribution in [2.75, 3.05) is 32.2 Å². The van der Waals surface area contributed by atoms with Crippen molar-refractivity contribution in [3.63, 3.8) is 0 Å². The fraction of sp³-hybridized carbons (Fsp3) is 0.467. The zero-order chi connectivity index (χ0) is 15.9. The van der Waals surface area contributed by atoms with Crippen LogP contribution in [0.3, 0.4) is 0 Å². The summed E-state index contributed by atoms with van der Waals surface area (Å²) in [5, 5.41) is 11.2. The first-order chi connectivity index (χ1) is 10.6. The number of methoxy groups -OCH3 is 1. The molecule has 0 radical (unpaired) electrons. The Bertz CT molecular complexity index is 580. The number of hydrogen-bond donors (Lipinski definition) is 1. The van der Waals surface area contributed by atoms with E-state index >= 15 is 0 Å². The van der Waals surface area contributed by atoms with E-state index in [-0.39, 0.29) is 29.7 Å². The van der Waals surface area contributed by atoms with Crippen LogP contribution in [0.1, 0.15) is 18.4 Å². The molecule has 0 aromatic heterocycles. The molecule has 0 bridgehead atoms. The van der Waals surface area contributed by atoms with Crippen LogP contribution in [0, 0.1) is 17.1 Å². The number of ether oxygens (including phenoxy) is 3. The third-order valence-corrected chi connectivity index (χ3v) is 3.24. The Morgan fingerprint density at radius 2 is 2.41 bits per heavy atom. The number of benzene rings is 1. The Balaban J connectivity index is 1.89. The quantitative estimate of drug-likeness (QED) is 0.867. The van der Waals surface area contributed by atoms with Crippen LogP contribution in [0.15, 0.2) is 12.1 Å². The second-order valence-corrected chi connectivity index (χ2v) is 4.84. The Morgan fingerprint density at radius 1 is 1.59 bits per heavy atom. The second-order valence-electron chi connectivity index (χ2n) is 4.84. The zero-order valence-electron chi connectivity index (χ0n) is 12.2. The largest absolute Gasteiger partial charge is 0.495 e. The van der Waals surface area contributed by atoms with E-state index in [2.05, 4.69) is 5.32 Å². The number of nitrogens with one attached hydrogen (secondary N) is 1. The number of halogens is 1. The fourth-order valence-electron chi connectivity index (χ4n) is 2.15. The van der Waals surface area contributed by atoms with E-state index in [1.165, 1.54) is 13.2 Å². The normalized spacial score (nSPS) is 17.0. The third kappa shape index (κ3) is 4.16. The van der Waals surface area contributed by atoms with Gasteiger partial charge in [-0.3, -0.25) is 4.79 Å². The molecule has 2 rings (SSSR count).